The molecule has 0 radical (unpaired) electrons. The molecule has 1 aromatic carbocycles. The first-order valence-corrected chi connectivity index (χ1v) is 6.00. The molecule has 3 N–H and O–H groups in total. The molecular formula is C13H23Cl2N3O2. The third kappa shape index (κ3) is 7.55. The summed E-state index contributed by atoms with van der Waals surface area (Å²) in [4.78, 5) is 13.9. The van der Waals surface area contributed by atoms with E-state index in [9.17, 15) is 4.79 Å². The first-order chi connectivity index (χ1) is 8.65. The standard InChI is InChI=1S/C13H21N3O2.2ClH/c1-16(2)9-10-18-12-6-4-3-5-11(12)13(17)15-8-7-14;;/h3-6H,7-10,14H2,1-2H3,(H,15,17);2*1H. The second-order valence-corrected chi connectivity index (χ2v) is 4.19. The zero-order valence-corrected chi connectivity index (χ0v) is 13.4. The highest BCUT2D eigenvalue weighted by atomic mass is 35.5. The molecule has 0 aliphatic carbocycles. The number of nitrogens with one attached hydrogen (secondary N) is 1. The van der Waals surface area contributed by atoms with Crippen LogP contribution in [-0.4, -0.2) is 51.1 Å². The first kappa shape index (κ1) is 21.3. The summed E-state index contributed by atoms with van der Waals surface area (Å²) in [6.07, 6.45) is 0. The summed E-state index contributed by atoms with van der Waals surface area (Å²) in [5.41, 5.74) is 5.90. The Hall–Kier alpha value is -1.01. The minimum Gasteiger partial charge on any atom is -0.491 e. The Kier molecular flexibility index (Phi) is 12.5. The molecule has 20 heavy (non-hydrogen) atoms. The van der Waals surface area contributed by atoms with Crippen LogP contribution in [-0.2, 0) is 0 Å². The molecule has 0 fully saturated rings. The first-order valence-electron chi connectivity index (χ1n) is 6.00. The molecule has 1 rings (SSSR count). The van der Waals surface area contributed by atoms with Crippen LogP contribution in [0, 0.1) is 0 Å². The summed E-state index contributed by atoms with van der Waals surface area (Å²) in [5.74, 6) is 0.453. The minimum absolute atomic E-state index is 0. The normalized spacial score (nSPS) is 9.40. The number of hydrogen-bond donors (Lipinski definition) is 2. The smallest absolute Gasteiger partial charge is 0.255 e. The Morgan fingerprint density at radius 1 is 1.30 bits per heavy atom. The van der Waals surface area contributed by atoms with Crippen molar-refractivity contribution < 1.29 is 9.53 Å². The molecule has 0 bridgehead atoms. The molecule has 0 saturated carbocycles. The van der Waals surface area contributed by atoms with Gasteiger partial charge in [0.05, 0.1) is 5.56 Å². The maximum Gasteiger partial charge on any atom is 0.255 e. The van der Waals surface area contributed by atoms with Gasteiger partial charge in [-0.25, -0.2) is 0 Å². The van der Waals surface area contributed by atoms with Crippen LogP contribution in [0.15, 0.2) is 24.3 Å². The lowest BCUT2D eigenvalue weighted by molar-refractivity contribution is 0.0950. The quantitative estimate of drug-likeness (QED) is 0.790. The van der Waals surface area contributed by atoms with Gasteiger partial charge in [-0.15, -0.1) is 24.8 Å². The number of para-hydroxylation sites is 1. The summed E-state index contributed by atoms with van der Waals surface area (Å²) in [6, 6.07) is 7.21. The lowest BCUT2D eigenvalue weighted by Crippen LogP contribution is -2.29. The molecule has 0 spiro atoms. The van der Waals surface area contributed by atoms with Gasteiger partial charge in [0.1, 0.15) is 12.4 Å². The molecule has 0 unspecified atom stereocenters. The second kappa shape index (κ2) is 11.8. The van der Waals surface area contributed by atoms with E-state index in [4.69, 9.17) is 10.5 Å². The van der Waals surface area contributed by atoms with Gasteiger partial charge < -0.3 is 20.7 Å². The van der Waals surface area contributed by atoms with E-state index in [0.29, 0.717) is 31.0 Å². The van der Waals surface area contributed by atoms with Crippen molar-refractivity contribution in [1.82, 2.24) is 10.2 Å². The SMILES string of the molecule is CN(C)CCOc1ccccc1C(=O)NCCN.Cl.Cl. The average Bonchev–Trinajstić information content (AvgIpc) is 2.36. The summed E-state index contributed by atoms with van der Waals surface area (Å²) in [5, 5.41) is 2.73. The van der Waals surface area contributed by atoms with Crippen LogP contribution in [0.5, 0.6) is 5.75 Å². The van der Waals surface area contributed by atoms with E-state index in [1.165, 1.54) is 0 Å². The monoisotopic (exact) mass is 323 g/mol. The number of rotatable bonds is 7. The second-order valence-electron chi connectivity index (χ2n) is 4.19. The van der Waals surface area contributed by atoms with E-state index < -0.39 is 0 Å². The molecule has 0 aliphatic heterocycles. The number of halogens is 2. The molecule has 5 nitrogen and oxygen atoms in total. The van der Waals surface area contributed by atoms with E-state index >= 15 is 0 Å². The molecule has 0 aliphatic rings. The maximum absolute atomic E-state index is 11.9. The van der Waals surface area contributed by atoms with E-state index in [2.05, 4.69) is 5.32 Å². The Balaban J connectivity index is 0. The van der Waals surface area contributed by atoms with Crippen LogP contribution in [0.1, 0.15) is 10.4 Å². The van der Waals surface area contributed by atoms with E-state index in [-0.39, 0.29) is 30.7 Å². The largest absolute Gasteiger partial charge is 0.491 e. The predicted octanol–water partition coefficient (Wildman–Crippen LogP) is 1.16. The van der Waals surface area contributed by atoms with Gasteiger partial charge in [0.2, 0.25) is 0 Å². The van der Waals surface area contributed by atoms with Crippen molar-refractivity contribution in [1.29, 1.82) is 0 Å². The lowest BCUT2D eigenvalue weighted by atomic mass is 10.2. The molecule has 0 atom stereocenters. The number of hydrogen-bond acceptors (Lipinski definition) is 4. The van der Waals surface area contributed by atoms with Crippen molar-refractivity contribution in [2.24, 2.45) is 5.73 Å². The van der Waals surface area contributed by atoms with Crippen molar-refractivity contribution >= 4 is 30.7 Å². The molecule has 1 amide bonds. The molecule has 0 aromatic heterocycles. The van der Waals surface area contributed by atoms with Gasteiger partial charge in [-0.05, 0) is 26.2 Å². The maximum atomic E-state index is 11.9. The highest BCUT2D eigenvalue weighted by Crippen LogP contribution is 2.17. The van der Waals surface area contributed by atoms with Gasteiger partial charge in [-0.3, -0.25) is 4.79 Å². The highest BCUT2D eigenvalue weighted by Gasteiger charge is 2.11. The van der Waals surface area contributed by atoms with Crippen LogP contribution in [0.3, 0.4) is 0 Å². The number of carbonyl (C=O) groups is 1. The van der Waals surface area contributed by atoms with Gasteiger partial charge in [-0.1, -0.05) is 12.1 Å². The van der Waals surface area contributed by atoms with Crippen molar-refractivity contribution in [3.05, 3.63) is 29.8 Å². The topological polar surface area (TPSA) is 67.6 Å². The van der Waals surface area contributed by atoms with Crippen LogP contribution in [0.4, 0.5) is 0 Å². The summed E-state index contributed by atoms with van der Waals surface area (Å²) in [6.45, 7) is 2.24. The number of nitrogens with two attached hydrogens (primary N) is 1. The lowest BCUT2D eigenvalue weighted by Gasteiger charge is -2.13. The Morgan fingerprint density at radius 2 is 1.95 bits per heavy atom. The number of benzene rings is 1. The highest BCUT2D eigenvalue weighted by molar-refractivity contribution is 5.96. The zero-order valence-electron chi connectivity index (χ0n) is 11.8. The van der Waals surface area contributed by atoms with Crippen LogP contribution >= 0.6 is 24.8 Å². The van der Waals surface area contributed by atoms with Crippen molar-refractivity contribution in [3.8, 4) is 5.75 Å². The molecule has 0 saturated heterocycles. The van der Waals surface area contributed by atoms with E-state index in [1.54, 1.807) is 12.1 Å². The summed E-state index contributed by atoms with van der Waals surface area (Å²) >= 11 is 0. The van der Waals surface area contributed by atoms with Crippen molar-refractivity contribution in [3.63, 3.8) is 0 Å². The Morgan fingerprint density at radius 3 is 2.55 bits per heavy atom. The molecular weight excluding hydrogens is 301 g/mol. The summed E-state index contributed by atoms with van der Waals surface area (Å²) in [7, 11) is 3.95. The number of likely N-dealkylation sites (N-methyl/N-ethyl adjacent to an activating group) is 1. The van der Waals surface area contributed by atoms with E-state index in [0.717, 1.165) is 6.54 Å². The van der Waals surface area contributed by atoms with Crippen LogP contribution in [0.25, 0.3) is 0 Å². The fourth-order valence-electron chi connectivity index (χ4n) is 1.40. The Labute approximate surface area is 132 Å². The van der Waals surface area contributed by atoms with Crippen LogP contribution in [0.2, 0.25) is 0 Å². The number of nitrogens with zero attached hydrogens (tertiary/aromatic N) is 1. The minimum atomic E-state index is -0.152. The molecule has 0 heterocycles. The fraction of sp³-hybridized carbons (Fsp3) is 0.462. The molecule has 116 valence electrons. The average molecular weight is 324 g/mol. The van der Waals surface area contributed by atoms with Gasteiger partial charge in [-0.2, -0.15) is 0 Å². The van der Waals surface area contributed by atoms with Gasteiger partial charge in [0.15, 0.2) is 0 Å². The fourth-order valence-corrected chi connectivity index (χ4v) is 1.40. The number of carbonyl (C=O) groups excluding carboxylic acids is 1. The van der Waals surface area contributed by atoms with Gasteiger partial charge in [0, 0.05) is 19.6 Å². The van der Waals surface area contributed by atoms with Gasteiger partial charge in [0.25, 0.3) is 5.91 Å². The number of amides is 1. The molecule has 7 heteroatoms. The van der Waals surface area contributed by atoms with E-state index in [1.807, 2.05) is 31.1 Å². The third-order valence-corrected chi connectivity index (χ3v) is 2.36. The van der Waals surface area contributed by atoms with Gasteiger partial charge >= 0.3 is 0 Å². The molecule has 1 aromatic rings. The third-order valence-electron chi connectivity index (χ3n) is 2.36. The van der Waals surface area contributed by atoms with Crippen molar-refractivity contribution in [2.75, 3.05) is 40.3 Å². The Bertz CT molecular complexity index is 390. The van der Waals surface area contributed by atoms with Crippen LogP contribution < -0.4 is 15.8 Å². The predicted molar refractivity (Wildman–Crippen MR) is 86.4 cm³/mol. The summed E-state index contributed by atoms with van der Waals surface area (Å²) < 4.78 is 5.62. The zero-order chi connectivity index (χ0) is 13.4. The van der Waals surface area contributed by atoms with Crippen molar-refractivity contribution in [2.45, 2.75) is 0 Å². The number of ether oxygens (including phenoxy) is 1.